The van der Waals surface area contributed by atoms with E-state index in [1.54, 1.807) is 36.4 Å². The van der Waals surface area contributed by atoms with E-state index in [0.717, 1.165) is 44.3 Å². The third kappa shape index (κ3) is 7.02. The lowest BCUT2D eigenvalue weighted by Crippen LogP contribution is -2.39. The molecule has 1 aliphatic rings. The molecule has 0 heterocycles. The molecule has 3 rings (SSSR count). The number of anilines is 1. The number of thiocarbonyl (C=S) groups is 1. The molecular weight excluding hydrogens is 434 g/mol. The molecule has 33 heavy (non-hydrogen) atoms. The van der Waals surface area contributed by atoms with Crippen LogP contribution in [-0.2, 0) is 0 Å². The molecule has 0 aliphatic heterocycles. The van der Waals surface area contributed by atoms with Crippen LogP contribution >= 0.6 is 12.2 Å². The SMILES string of the molecule is CCCCOc1ccc(C(=O)NC(=S)Nc2ccccc2C(=O)N(C)C2CCCCC2)cc1. The number of carbonyl (C=O) groups excluding carboxylic acids is 2. The van der Waals surface area contributed by atoms with Gasteiger partial charge in [0.1, 0.15) is 5.75 Å². The van der Waals surface area contributed by atoms with Crippen molar-refractivity contribution in [2.75, 3.05) is 19.0 Å². The third-order valence-corrected chi connectivity index (χ3v) is 6.16. The van der Waals surface area contributed by atoms with Gasteiger partial charge < -0.3 is 15.0 Å². The maximum Gasteiger partial charge on any atom is 0.257 e. The number of amides is 2. The predicted octanol–water partition coefficient (Wildman–Crippen LogP) is 5.40. The normalized spacial score (nSPS) is 13.8. The number of hydrogen-bond acceptors (Lipinski definition) is 4. The second kappa shape index (κ2) is 12.3. The van der Waals surface area contributed by atoms with Gasteiger partial charge in [-0.1, -0.05) is 44.7 Å². The summed E-state index contributed by atoms with van der Waals surface area (Å²) in [4.78, 5) is 27.6. The van der Waals surface area contributed by atoms with Crippen molar-refractivity contribution in [1.29, 1.82) is 0 Å². The zero-order chi connectivity index (χ0) is 23.6. The second-order valence-corrected chi connectivity index (χ2v) is 8.80. The van der Waals surface area contributed by atoms with Crippen LogP contribution in [0.2, 0.25) is 0 Å². The van der Waals surface area contributed by atoms with Crippen LogP contribution < -0.4 is 15.4 Å². The second-order valence-electron chi connectivity index (χ2n) is 8.39. The summed E-state index contributed by atoms with van der Waals surface area (Å²) in [6.07, 6.45) is 7.68. The van der Waals surface area contributed by atoms with Crippen LogP contribution in [-0.4, -0.2) is 41.5 Å². The minimum atomic E-state index is -0.323. The minimum Gasteiger partial charge on any atom is -0.494 e. The van der Waals surface area contributed by atoms with E-state index in [9.17, 15) is 9.59 Å². The Morgan fingerprint density at radius 3 is 2.45 bits per heavy atom. The van der Waals surface area contributed by atoms with Crippen LogP contribution in [0.1, 0.15) is 72.6 Å². The highest BCUT2D eigenvalue weighted by Gasteiger charge is 2.24. The van der Waals surface area contributed by atoms with E-state index in [1.807, 2.05) is 24.1 Å². The number of nitrogens with zero attached hydrogens (tertiary/aromatic N) is 1. The molecule has 0 saturated heterocycles. The maximum atomic E-state index is 13.2. The average Bonchev–Trinajstić information content (AvgIpc) is 2.84. The van der Waals surface area contributed by atoms with Gasteiger partial charge in [0.2, 0.25) is 0 Å². The lowest BCUT2D eigenvalue weighted by molar-refractivity contribution is 0.0697. The Balaban J connectivity index is 1.60. The molecule has 6 nitrogen and oxygen atoms in total. The van der Waals surface area contributed by atoms with Crippen molar-refractivity contribution in [2.24, 2.45) is 0 Å². The van der Waals surface area contributed by atoms with Crippen LogP contribution in [0.5, 0.6) is 5.75 Å². The first-order valence-corrected chi connectivity index (χ1v) is 12.1. The van der Waals surface area contributed by atoms with Gasteiger partial charge in [0.25, 0.3) is 11.8 Å². The quantitative estimate of drug-likeness (QED) is 0.402. The summed E-state index contributed by atoms with van der Waals surface area (Å²) in [5.41, 5.74) is 1.59. The molecule has 1 aliphatic carbocycles. The van der Waals surface area contributed by atoms with Crippen molar-refractivity contribution in [3.05, 3.63) is 59.7 Å². The Labute approximate surface area is 201 Å². The number of ether oxygens (including phenoxy) is 1. The number of carbonyl (C=O) groups is 2. The van der Waals surface area contributed by atoms with Crippen LogP contribution in [0.25, 0.3) is 0 Å². The number of para-hydroxylation sites is 1. The largest absolute Gasteiger partial charge is 0.494 e. The molecule has 0 bridgehead atoms. The molecule has 7 heteroatoms. The molecule has 0 unspecified atom stereocenters. The summed E-state index contributed by atoms with van der Waals surface area (Å²) in [5.74, 6) is 0.365. The predicted molar refractivity (Wildman–Crippen MR) is 136 cm³/mol. The minimum absolute atomic E-state index is 0.0437. The van der Waals surface area contributed by atoms with Crippen molar-refractivity contribution in [3.8, 4) is 5.75 Å². The molecule has 0 aromatic heterocycles. The number of hydrogen-bond donors (Lipinski definition) is 2. The fourth-order valence-corrected chi connectivity index (χ4v) is 4.17. The summed E-state index contributed by atoms with van der Waals surface area (Å²) in [7, 11) is 1.87. The van der Waals surface area contributed by atoms with Gasteiger partial charge >= 0.3 is 0 Å². The fourth-order valence-electron chi connectivity index (χ4n) is 3.97. The summed E-state index contributed by atoms with van der Waals surface area (Å²) in [6, 6.07) is 14.5. The first kappa shape index (κ1) is 24.7. The maximum absolute atomic E-state index is 13.2. The van der Waals surface area contributed by atoms with Gasteiger partial charge in [0.15, 0.2) is 5.11 Å². The van der Waals surface area contributed by atoms with E-state index in [-0.39, 0.29) is 23.0 Å². The molecule has 2 aromatic carbocycles. The van der Waals surface area contributed by atoms with E-state index in [1.165, 1.54) is 6.42 Å². The monoisotopic (exact) mass is 467 g/mol. The number of rotatable bonds is 8. The van der Waals surface area contributed by atoms with Gasteiger partial charge in [-0.2, -0.15) is 0 Å². The van der Waals surface area contributed by atoms with Crippen LogP contribution in [0.4, 0.5) is 5.69 Å². The van der Waals surface area contributed by atoms with Gasteiger partial charge in [0.05, 0.1) is 17.9 Å². The van der Waals surface area contributed by atoms with Gasteiger partial charge in [0, 0.05) is 18.7 Å². The van der Waals surface area contributed by atoms with Crippen molar-refractivity contribution in [3.63, 3.8) is 0 Å². The molecule has 1 fully saturated rings. The molecule has 176 valence electrons. The highest BCUT2D eigenvalue weighted by molar-refractivity contribution is 7.80. The highest BCUT2D eigenvalue weighted by atomic mass is 32.1. The lowest BCUT2D eigenvalue weighted by Gasteiger charge is -2.31. The van der Waals surface area contributed by atoms with Crippen molar-refractivity contribution >= 4 is 34.8 Å². The smallest absolute Gasteiger partial charge is 0.257 e. The van der Waals surface area contributed by atoms with Gasteiger partial charge in [-0.05, 0) is 67.9 Å². The first-order chi connectivity index (χ1) is 16.0. The molecule has 2 aromatic rings. The van der Waals surface area contributed by atoms with Crippen LogP contribution in [0.3, 0.4) is 0 Å². The van der Waals surface area contributed by atoms with E-state index < -0.39 is 0 Å². The Kier molecular flexibility index (Phi) is 9.24. The molecule has 0 radical (unpaired) electrons. The van der Waals surface area contributed by atoms with Gasteiger partial charge in [-0.3, -0.25) is 14.9 Å². The number of benzene rings is 2. The van der Waals surface area contributed by atoms with E-state index in [4.69, 9.17) is 17.0 Å². The molecule has 1 saturated carbocycles. The summed E-state index contributed by atoms with van der Waals surface area (Å²) in [5, 5.41) is 5.86. The summed E-state index contributed by atoms with van der Waals surface area (Å²) < 4.78 is 5.63. The van der Waals surface area contributed by atoms with Crippen LogP contribution in [0.15, 0.2) is 48.5 Å². The fraction of sp³-hybridized carbons (Fsp3) is 0.423. The Morgan fingerprint density at radius 1 is 1.06 bits per heavy atom. The zero-order valence-corrected chi connectivity index (χ0v) is 20.2. The van der Waals surface area contributed by atoms with Crippen LogP contribution in [0, 0.1) is 0 Å². The van der Waals surface area contributed by atoms with Crippen molar-refractivity contribution in [1.82, 2.24) is 10.2 Å². The van der Waals surface area contributed by atoms with E-state index in [2.05, 4.69) is 17.6 Å². The van der Waals surface area contributed by atoms with Crippen molar-refractivity contribution in [2.45, 2.75) is 57.9 Å². The molecule has 0 spiro atoms. The lowest BCUT2D eigenvalue weighted by atomic mass is 9.94. The number of nitrogens with one attached hydrogen (secondary N) is 2. The Morgan fingerprint density at radius 2 is 1.76 bits per heavy atom. The van der Waals surface area contributed by atoms with Gasteiger partial charge in [-0.25, -0.2) is 0 Å². The van der Waals surface area contributed by atoms with E-state index >= 15 is 0 Å². The standard InChI is InChI=1S/C26H33N3O3S/c1-3-4-18-32-21-16-14-19(15-17-21)24(30)28-26(33)27-23-13-9-8-12-22(23)25(31)29(2)20-10-6-5-7-11-20/h8-9,12-17,20H,3-7,10-11,18H2,1-2H3,(H2,27,28,30,33). The molecule has 2 N–H and O–H groups in total. The van der Waals surface area contributed by atoms with Crippen molar-refractivity contribution < 1.29 is 14.3 Å². The highest BCUT2D eigenvalue weighted by Crippen LogP contribution is 2.25. The molecule has 2 amide bonds. The molecule has 0 atom stereocenters. The summed E-state index contributed by atoms with van der Waals surface area (Å²) in [6.45, 7) is 2.77. The summed E-state index contributed by atoms with van der Waals surface area (Å²) >= 11 is 5.35. The van der Waals surface area contributed by atoms with E-state index in [0.29, 0.717) is 23.4 Å². The average molecular weight is 468 g/mol. The number of unbranched alkanes of at least 4 members (excludes halogenated alkanes) is 1. The topological polar surface area (TPSA) is 70.7 Å². The van der Waals surface area contributed by atoms with Gasteiger partial charge in [-0.15, -0.1) is 0 Å². The third-order valence-electron chi connectivity index (χ3n) is 5.96. The zero-order valence-electron chi connectivity index (χ0n) is 19.4. The Hall–Kier alpha value is -2.93. The Bertz CT molecular complexity index is 956. The molecular formula is C26H33N3O3S. The first-order valence-electron chi connectivity index (χ1n) is 11.7.